The Morgan fingerprint density at radius 3 is 1.20 bits per heavy atom. The Kier molecular flexibility index (Phi) is 14.5. The van der Waals surface area contributed by atoms with E-state index < -0.39 is 0 Å². The van der Waals surface area contributed by atoms with Crippen molar-refractivity contribution in [1.29, 1.82) is 0 Å². The highest BCUT2D eigenvalue weighted by Gasteiger charge is 2.45. The Labute approximate surface area is 643 Å². The summed E-state index contributed by atoms with van der Waals surface area (Å²) in [7, 11) is 11.0. The van der Waals surface area contributed by atoms with Crippen molar-refractivity contribution < 1.29 is 0 Å². The van der Waals surface area contributed by atoms with Gasteiger partial charge < -0.3 is 49.0 Å². The van der Waals surface area contributed by atoms with Crippen molar-refractivity contribution in [2.24, 2.45) is 0 Å². The molecule has 10 nitrogen and oxygen atoms in total. The Morgan fingerprint density at radius 2 is 0.661 bits per heavy atom. The first-order chi connectivity index (χ1) is 53.4. The van der Waals surface area contributed by atoms with Gasteiger partial charge in [-0.15, -0.1) is 11.3 Å². The number of thiophene rings is 2. The van der Waals surface area contributed by atoms with Crippen molar-refractivity contribution in [2.75, 3.05) is 74.4 Å². The predicted octanol–water partition coefficient (Wildman–Crippen LogP) is 23.2. The van der Waals surface area contributed by atoms with Crippen molar-refractivity contribution >= 4 is 171 Å². The van der Waals surface area contributed by atoms with E-state index in [-0.39, 0.29) is 0 Å². The van der Waals surface area contributed by atoms with E-state index >= 15 is 0 Å². The first-order valence-corrected chi connectivity index (χ1v) is 40.2. The molecule has 2 aromatic heterocycles. The zero-order chi connectivity index (χ0) is 72.8. The largest absolute Gasteiger partial charge is 0.356 e. The number of hydrogen-bond donors (Lipinski definition) is 0. The number of nitrogens with zero attached hydrogens (tertiary/aromatic N) is 10. The molecule has 14 aromatic carbocycles. The third-order valence-corrected chi connectivity index (χ3v) is 27.4. The van der Waals surface area contributed by atoms with Crippen LogP contribution >= 0.6 is 22.7 Å². The molecule has 0 aliphatic carbocycles. The van der Waals surface area contributed by atoms with Gasteiger partial charge in [0, 0.05) is 129 Å². The fourth-order valence-corrected chi connectivity index (χ4v) is 21.7. The average Bonchev–Trinajstić information content (AvgIpc) is 1.57. The Morgan fingerprint density at radius 1 is 0.275 bits per heavy atom. The number of allylic oxidation sites excluding steroid dienone is 2. The van der Waals surface area contributed by atoms with E-state index in [9.17, 15) is 0 Å². The van der Waals surface area contributed by atoms with Crippen LogP contribution in [-0.2, 0) is 32.1 Å². The molecule has 109 heavy (non-hydrogen) atoms. The van der Waals surface area contributed by atoms with Crippen LogP contribution in [0.5, 0.6) is 0 Å². The summed E-state index contributed by atoms with van der Waals surface area (Å²) < 4.78 is 1.41. The fraction of sp³-hybridized carbons (Fsp3) is 0.175. The summed E-state index contributed by atoms with van der Waals surface area (Å²) in [6.45, 7) is 4.37. The predicted molar refractivity (Wildman–Crippen MR) is 464 cm³/mol. The van der Waals surface area contributed by atoms with Crippen molar-refractivity contribution in [3.8, 4) is 0 Å². The Hall–Kier alpha value is -12.0. The van der Waals surface area contributed by atoms with Gasteiger partial charge in [0.15, 0.2) is 0 Å². The molecule has 0 saturated carbocycles. The number of hydrogen-bond acceptors (Lipinski definition) is 12. The Bertz CT molecular complexity index is 6530. The molecule has 0 saturated heterocycles. The van der Waals surface area contributed by atoms with Gasteiger partial charge in [-0.05, 0) is 244 Å². The summed E-state index contributed by atoms with van der Waals surface area (Å²) in [5.74, 6) is 0. The van der Waals surface area contributed by atoms with Crippen LogP contribution < -0.4 is 39.2 Å². The lowest BCUT2D eigenvalue weighted by Crippen LogP contribution is -2.36. The summed E-state index contributed by atoms with van der Waals surface area (Å²) in [6, 6.07) is 93.6. The van der Waals surface area contributed by atoms with Gasteiger partial charge in [0.2, 0.25) is 0 Å². The molecule has 16 aromatic rings. The first kappa shape index (κ1) is 64.2. The fourth-order valence-electron chi connectivity index (χ4n) is 19.7. The molecule has 5 unspecified atom stereocenters. The van der Waals surface area contributed by atoms with E-state index in [0.29, 0.717) is 30.8 Å². The minimum Gasteiger partial charge on any atom is -0.356 e. The molecule has 12 heterocycles. The second-order valence-electron chi connectivity index (χ2n) is 31.3. The highest BCUT2D eigenvalue weighted by molar-refractivity contribution is 7.20. The van der Waals surface area contributed by atoms with E-state index in [1.807, 2.05) is 11.3 Å². The molecular weight excluding hydrogens is 1370 g/mol. The van der Waals surface area contributed by atoms with Gasteiger partial charge in [-0.25, -0.2) is 0 Å². The summed E-state index contributed by atoms with van der Waals surface area (Å²) in [5, 5.41) is 24.7. The zero-order valence-electron chi connectivity index (χ0n) is 62.3. The number of rotatable bonds is 0. The first-order valence-electron chi connectivity index (χ1n) is 38.5. The SMILES string of the molecule is CC1=CN2c3cc4cc5ccccc5cc4cc3CC2N1C.CC1=CN2c3ccc4cc5ccccc5cc4c3CC2N1C.CN1c2ccccc2N2c3c(sc4ccccc34)CC12.CN1c2ccccc2N2c3cc4cc5ccccc5cc4cc3CC12.CN1c2ccccc2N2c3cc4cscc4cc3CC12. The van der Waals surface area contributed by atoms with Crippen molar-refractivity contribution in [2.45, 2.75) is 76.8 Å². The van der Waals surface area contributed by atoms with E-state index in [1.54, 1.807) is 11.3 Å². The van der Waals surface area contributed by atoms with Crippen molar-refractivity contribution in [3.05, 3.63) is 316 Å². The maximum atomic E-state index is 2.53. The second kappa shape index (κ2) is 24.5. The molecule has 532 valence electrons. The molecule has 10 aliphatic rings. The van der Waals surface area contributed by atoms with Crippen LogP contribution in [0.15, 0.2) is 289 Å². The lowest BCUT2D eigenvalue weighted by molar-refractivity contribution is 0.344. The summed E-state index contributed by atoms with van der Waals surface area (Å²) in [4.78, 5) is 25.9. The van der Waals surface area contributed by atoms with Gasteiger partial charge in [-0.3, -0.25) is 0 Å². The smallest absolute Gasteiger partial charge is 0.111 e. The normalized spacial score (nSPS) is 19.2. The van der Waals surface area contributed by atoms with E-state index in [0.717, 1.165) is 32.1 Å². The van der Waals surface area contributed by atoms with Gasteiger partial charge in [-0.1, -0.05) is 133 Å². The molecule has 0 radical (unpaired) electrons. The highest BCUT2D eigenvalue weighted by Crippen LogP contribution is 2.56. The van der Waals surface area contributed by atoms with Gasteiger partial charge in [0.1, 0.15) is 30.8 Å². The van der Waals surface area contributed by atoms with Gasteiger partial charge in [0.05, 0.1) is 39.8 Å². The van der Waals surface area contributed by atoms with E-state index in [2.05, 4.69) is 376 Å². The van der Waals surface area contributed by atoms with E-state index in [4.69, 9.17) is 0 Å². The summed E-state index contributed by atoms with van der Waals surface area (Å²) >= 11 is 3.74. The minimum absolute atomic E-state index is 0.402. The standard InChI is InChI=1S/C23H18N2.2C20H18N2.2C17H14N2S/c1-24-20-8-4-5-9-21(20)25-22-13-18-11-16-7-3-2-6-15(16)10-17(18)12-19(22)14-23(24)25;1-13-12-22-19-10-17-8-15-6-4-3-5-14(15)7-16(17)9-18(19)11-20(22)21(13)2;1-13-12-22-19-8-7-16-9-14-5-3-4-6-15(14)10-17(16)18(19)11-20(22)21(13)2;1-18-12-7-3-4-8-13(12)19-16(18)10-15-17(19)11-6-2-5-9-14(11)20-15;1-18-14-4-2-3-5-15(14)19-16-7-13-10-20-9-12(13)6-11(16)8-17(18)19/h2-13,23H,14H2,1H3;2*3-10,12,20H,11H2,1-2H3;2-9,16H,10H2,1H3;2-7,9-10,17H,8H2,1H3. The topological polar surface area (TPSA) is 32.4 Å². The molecule has 0 spiro atoms. The zero-order valence-corrected chi connectivity index (χ0v) is 63.9. The monoisotopic (exact) mass is 1450 g/mol. The van der Waals surface area contributed by atoms with Gasteiger partial charge in [0.25, 0.3) is 0 Å². The third-order valence-electron chi connectivity index (χ3n) is 25.5. The summed E-state index contributed by atoms with van der Waals surface area (Å²) in [5.41, 5.74) is 23.5. The van der Waals surface area contributed by atoms with Gasteiger partial charge >= 0.3 is 0 Å². The maximum absolute atomic E-state index is 2.53. The van der Waals surface area contributed by atoms with Crippen LogP contribution in [0.25, 0.3) is 85.5 Å². The molecule has 0 fully saturated rings. The number of benzene rings is 14. The molecule has 0 amide bonds. The van der Waals surface area contributed by atoms with Gasteiger partial charge in [-0.2, -0.15) is 11.3 Å². The Balaban J connectivity index is 0.0000000845. The number of fused-ring (bicyclic) bond motifs is 31. The molecule has 12 heteroatoms. The summed E-state index contributed by atoms with van der Waals surface area (Å²) in [6.07, 6.45) is 12.3. The molecule has 10 aliphatic heterocycles. The quantitative estimate of drug-likeness (QED) is 0.137. The van der Waals surface area contributed by atoms with Crippen molar-refractivity contribution in [3.63, 3.8) is 0 Å². The minimum atomic E-state index is 0.402. The van der Waals surface area contributed by atoms with E-state index in [1.165, 1.54) is 187 Å². The molecule has 0 bridgehead atoms. The van der Waals surface area contributed by atoms with Crippen LogP contribution in [0.1, 0.15) is 41.0 Å². The lowest BCUT2D eigenvalue weighted by atomic mass is 9.98. The molecule has 5 atom stereocenters. The highest BCUT2D eigenvalue weighted by atomic mass is 32.1. The number of para-hydroxylation sites is 6. The molecule has 26 rings (SSSR count). The average molecular weight is 1450 g/mol. The number of anilines is 11. The van der Waals surface area contributed by atoms with Crippen molar-refractivity contribution in [1.82, 2.24) is 9.80 Å². The van der Waals surface area contributed by atoms with Crippen LogP contribution in [0.2, 0.25) is 0 Å². The number of likely N-dealkylation sites (N-methyl/N-ethyl adjacent to an activating group) is 5. The van der Waals surface area contributed by atoms with Crippen LogP contribution in [-0.4, -0.2) is 75.9 Å². The second-order valence-corrected chi connectivity index (χ2v) is 33.2. The van der Waals surface area contributed by atoms with Crippen LogP contribution in [0, 0.1) is 0 Å². The molecular formula is C97H82N10S2. The molecule has 0 N–H and O–H groups in total. The lowest BCUT2D eigenvalue weighted by Gasteiger charge is -2.24. The van der Waals surface area contributed by atoms with Crippen LogP contribution in [0.3, 0.4) is 0 Å². The third kappa shape index (κ3) is 9.96. The van der Waals surface area contributed by atoms with Crippen LogP contribution in [0.4, 0.5) is 62.6 Å². The maximum Gasteiger partial charge on any atom is 0.111 e.